The Bertz CT molecular complexity index is 290. The molecule has 2 saturated heterocycles. The molecule has 0 spiro atoms. The molecule has 0 N–H and O–H groups in total. The molecule has 0 bridgehead atoms. The summed E-state index contributed by atoms with van der Waals surface area (Å²) in [7, 11) is 0. The van der Waals surface area contributed by atoms with E-state index in [9.17, 15) is 5.26 Å². The van der Waals surface area contributed by atoms with Gasteiger partial charge >= 0.3 is 0 Å². The number of nitrogens with zero attached hydrogens (tertiary/aromatic N) is 3. The molecule has 4 nitrogen and oxygen atoms in total. The van der Waals surface area contributed by atoms with E-state index >= 15 is 0 Å². The first kappa shape index (κ1) is 11.8. The molecule has 0 aliphatic carbocycles. The Morgan fingerprint density at radius 2 is 1.69 bits per heavy atom. The second-order valence-electron chi connectivity index (χ2n) is 5.78. The van der Waals surface area contributed by atoms with Gasteiger partial charge in [0.15, 0.2) is 5.54 Å². The third-order valence-electron chi connectivity index (χ3n) is 3.72. The van der Waals surface area contributed by atoms with Gasteiger partial charge in [0, 0.05) is 31.7 Å². The molecule has 0 aromatic heterocycles. The molecule has 16 heavy (non-hydrogen) atoms. The maximum absolute atomic E-state index is 9.23. The van der Waals surface area contributed by atoms with Gasteiger partial charge in [0.2, 0.25) is 0 Å². The van der Waals surface area contributed by atoms with Crippen LogP contribution in [-0.2, 0) is 4.74 Å². The SMILES string of the molecule is CC(C)(C)N1CCN(C2(C#N)COC2)CC1. The van der Waals surface area contributed by atoms with Crippen LogP contribution in [0, 0.1) is 11.3 Å². The predicted molar refractivity (Wildman–Crippen MR) is 62.1 cm³/mol. The quantitative estimate of drug-likeness (QED) is 0.656. The van der Waals surface area contributed by atoms with Crippen LogP contribution >= 0.6 is 0 Å². The molecular weight excluding hydrogens is 202 g/mol. The van der Waals surface area contributed by atoms with Gasteiger partial charge < -0.3 is 4.74 Å². The Balaban J connectivity index is 1.93. The number of rotatable bonds is 1. The average Bonchev–Trinajstić information content (AvgIpc) is 2.16. The van der Waals surface area contributed by atoms with Gasteiger partial charge in [-0.1, -0.05) is 0 Å². The molecule has 0 aromatic carbocycles. The van der Waals surface area contributed by atoms with E-state index in [0.29, 0.717) is 13.2 Å². The molecule has 0 radical (unpaired) electrons. The lowest BCUT2D eigenvalue weighted by Gasteiger charge is -2.50. The summed E-state index contributed by atoms with van der Waals surface area (Å²) in [5.74, 6) is 0. The average molecular weight is 223 g/mol. The largest absolute Gasteiger partial charge is 0.375 e. The van der Waals surface area contributed by atoms with Gasteiger partial charge in [-0.2, -0.15) is 5.26 Å². The summed E-state index contributed by atoms with van der Waals surface area (Å²) in [6.07, 6.45) is 0. The zero-order chi connectivity index (χ0) is 11.8. The van der Waals surface area contributed by atoms with Gasteiger partial charge in [0.25, 0.3) is 0 Å². The van der Waals surface area contributed by atoms with Crippen molar-refractivity contribution in [3.63, 3.8) is 0 Å². The van der Waals surface area contributed by atoms with Crippen molar-refractivity contribution in [3.05, 3.63) is 0 Å². The molecule has 2 rings (SSSR count). The lowest BCUT2D eigenvalue weighted by Crippen LogP contribution is -2.66. The first-order chi connectivity index (χ1) is 7.48. The molecule has 2 heterocycles. The van der Waals surface area contributed by atoms with Gasteiger partial charge in [-0.05, 0) is 20.8 Å². The van der Waals surface area contributed by atoms with E-state index < -0.39 is 0 Å². The Morgan fingerprint density at radius 3 is 2.00 bits per heavy atom. The van der Waals surface area contributed by atoms with Crippen molar-refractivity contribution in [2.45, 2.75) is 31.8 Å². The fraction of sp³-hybridized carbons (Fsp3) is 0.917. The third-order valence-corrected chi connectivity index (χ3v) is 3.72. The molecule has 0 aromatic rings. The van der Waals surface area contributed by atoms with Crippen LogP contribution in [0.2, 0.25) is 0 Å². The summed E-state index contributed by atoms with van der Waals surface area (Å²) in [6.45, 7) is 12.0. The number of hydrogen-bond donors (Lipinski definition) is 0. The van der Waals surface area contributed by atoms with Gasteiger partial charge in [-0.15, -0.1) is 0 Å². The lowest BCUT2D eigenvalue weighted by molar-refractivity contribution is -0.123. The molecule has 0 amide bonds. The van der Waals surface area contributed by atoms with Crippen molar-refractivity contribution in [2.75, 3.05) is 39.4 Å². The molecular formula is C12H21N3O. The van der Waals surface area contributed by atoms with E-state index in [0.717, 1.165) is 26.2 Å². The van der Waals surface area contributed by atoms with Crippen LogP contribution < -0.4 is 0 Å². The Hall–Kier alpha value is -0.630. The van der Waals surface area contributed by atoms with Crippen molar-refractivity contribution in [2.24, 2.45) is 0 Å². The molecule has 2 aliphatic rings. The van der Waals surface area contributed by atoms with E-state index in [1.807, 2.05) is 0 Å². The van der Waals surface area contributed by atoms with Crippen LogP contribution in [0.25, 0.3) is 0 Å². The minimum absolute atomic E-state index is 0.238. The highest BCUT2D eigenvalue weighted by Crippen LogP contribution is 2.27. The zero-order valence-corrected chi connectivity index (χ0v) is 10.5. The van der Waals surface area contributed by atoms with E-state index in [4.69, 9.17) is 4.74 Å². The Kier molecular flexibility index (Phi) is 2.95. The van der Waals surface area contributed by atoms with Gasteiger partial charge in [0.05, 0.1) is 19.3 Å². The smallest absolute Gasteiger partial charge is 0.156 e. The topological polar surface area (TPSA) is 39.5 Å². The summed E-state index contributed by atoms with van der Waals surface area (Å²) >= 11 is 0. The van der Waals surface area contributed by atoms with E-state index in [-0.39, 0.29) is 11.1 Å². The summed E-state index contributed by atoms with van der Waals surface area (Å²) in [5, 5.41) is 9.23. The molecule has 2 aliphatic heterocycles. The van der Waals surface area contributed by atoms with Crippen LogP contribution in [0.4, 0.5) is 0 Å². The maximum Gasteiger partial charge on any atom is 0.156 e. The summed E-state index contributed by atoms with van der Waals surface area (Å²) < 4.78 is 5.20. The van der Waals surface area contributed by atoms with Crippen molar-refractivity contribution < 1.29 is 4.74 Å². The first-order valence-corrected chi connectivity index (χ1v) is 5.97. The summed E-state index contributed by atoms with van der Waals surface area (Å²) in [4.78, 5) is 4.77. The maximum atomic E-state index is 9.23. The van der Waals surface area contributed by atoms with Crippen LogP contribution in [0.5, 0.6) is 0 Å². The number of ether oxygens (including phenoxy) is 1. The minimum atomic E-state index is -0.316. The van der Waals surface area contributed by atoms with Gasteiger partial charge in [-0.25, -0.2) is 0 Å². The molecule has 90 valence electrons. The summed E-state index contributed by atoms with van der Waals surface area (Å²) in [6, 6.07) is 2.42. The highest BCUT2D eigenvalue weighted by molar-refractivity contribution is 5.14. The minimum Gasteiger partial charge on any atom is -0.375 e. The van der Waals surface area contributed by atoms with Crippen molar-refractivity contribution in [1.29, 1.82) is 5.26 Å². The molecule has 0 saturated carbocycles. The fourth-order valence-corrected chi connectivity index (χ4v) is 2.42. The van der Waals surface area contributed by atoms with E-state index in [2.05, 4.69) is 36.6 Å². The molecule has 0 atom stereocenters. The zero-order valence-electron chi connectivity index (χ0n) is 10.5. The van der Waals surface area contributed by atoms with Crippen LogP contribution in [0.3, 0.4) is 0 Å². The van der Waals surface area contributed by atoms with Crippen molar-refractivity contribution >= 4 is 0 Å². The van der Waals surface area contributed by atoms with Crippen molar-refractivity contribution in [1.82, 2.24) is 9.80 Å². The monoisotopic (exact) mass is 223 g/mol. The fourth-order valence-electron chi connectivity index (χ4n) is 2.42. The van der Waals surface area contributed by atoms with Crippen LogP contribution in [0.1, 0.15) is 20.8 Å². The van der Waals surface area contributed by atoms with Crippen LogP contribution in [-0.4, -0.2) is 60.3 Å². The van der Waals surface area contributed by atoms with E-state index in [1.165, 1.54) is 0 Å². The highest BCUT2D eigenvalue weighted by Gasteiger charge is 2.46. The number of piperazine rings is 1. The molecule has 2 fully saturated rings. The predicted octanol–water partition coefficient (Wildman–Crippen LogP) is 0.695. The number of hydrogen-bond acceptors (Lipinski definition) is 4. The number of nitriles is 1. The third kappa shape index (κ3) is 1.95. The molecule has 4 heteroatoms. The normalized spacial score (nSPS) is 27.1. The lowest BCUT2D eigenvalue weighted by atomic mass is 9.95. The second kappa shape index (κ2) is 3.99. The second-order valence-corrected chi connectivity index (χ2v) is 5.78. The standard InChI is InChI=1S/C12H21N3O/c1-11(2,3)14-4-6-15(7-5-14)12(8-13)9-16-10-12/h4-7,9-10H2,1-3H3. The van der Waals surface area contributed by atoms with Gasteiger partial charge in [-0.3, -0.25) is 9.80 Å². The summed E-state index contributed by atoms with van der Waals surface area (Å²) in [5.41, 5.74) is -0.0774. The Morgan fingerprint density at radius 1 is 1.12 bits per heavy atom. The Labute approximate surface area is 97.8 Å². The van der Waals surface area contributed by atoms with E-state index in [1.54, 1.807) is 0 Å². The molecule has 0 unspecified atom stereocenters. The van der Waals surface area contributed by atoms with Crippen molar-refractivity contribution in [3.8, 4) is 6.07 Å². The highest BCUT2D eigenvalue weighted by atomic mass is 16.5. The van der Waals surface area contributed by atoms with Gasteiger partial charge in [0.1, 0.15) is 0 Å². The first-order valence-electron chi connectivity index (χ1n) is 5.97. The van der Waals surface area contributed by atoms with Crippen LogP contribution in [0.15, 0.2) is 0 Å².